The Morgan fingerprint density at radius 3 is 2.75 bits per heavy atom. The summed E-state index contributed by atoms with van der Waals surface area (Å²) in [4.78, 5) is 0. The Bertz CT molecular complexity index is 130. The number of hydrogen-bond acceptors (Lipinski definition) is 3. The molecule has 0 spiro atoms. The lowest BCUT2D eigenvalue weighted by Crippen LogP contribution is -2.34. The minimum Gasteiger partial charge on any atom is -0.395 e. The molecule has 3 heteroatoms. The lowest BCUT2D eigenvalue weighted by molar-refractivity contribution is 0.0866. The van der Waals surface area contributed by atoms with Gasteiger partial charge in [0.1, 0.15) is 0 Å². The fraction of sp³-hybridized carbons (Fsp3) is 1.00. The molecule has 0 amide bonds. The molecule has 0 aromatic carbocycles. The van der Waals surface area contributed by atoms with E-state index in [4.69, 9.17) is 5.11 Å². The Kier molecular flexibility index (Phi) is 3.98. The fourth-order valence-electron chi connectivity index (χ4n) is 1.78. The Morgan fingerprint density at radius 2 is 2.25 bits per heavy atom. The van der Waals surface area contributed by atoms with Crippen molar-refractivity contribution >= 4 is 0 Å². The highest BCUT2D eigenvalue weighted by atomic mass is 16.3. The van der Waals surface area contributed by atoms with Gasteiger partial charge in [0, 0.05) is 6.54 Å². The van der Waals surface area contributed by atoms with Gasteiger partial charge < -0.3 is 15.5 Å². The van der Waals surface area contributed by atoms with Crippen molar-refractivity contribution in [1.29, 1.82) is 0 Å². The van der Waals surface area contributed by atoms with Gasteiger partial charge in [-0.2, -0.15) is 0 Å². The normalized spacial score (nSPS) is 35.8. The number of aliphatic hydroxyl groups is 2. The van der Waals surface area contributed by atoms with Crippen LogP contribution in [0.5, 0.6) is 0 Å². The molecule has 1 fully saturated rings. The molecule has 0 aromatic heterocycles. The maximum absolute atomic E-state index is 9.65. The van der Waals surface area contributed by atoms with Crippen LogP contribution in [-0.2, 0) is 0 Å². The van der Waals surface area contributed by atoms with Gasteiger partial charge in [0.25, 0.3) is 0 Å². The van der Waals surface area contributed by atoms with Gasteiger partial charge in [-0.1, -0.05) is 19.8 Å². The molecule has 12 heavy (non-hydrogen) atoms. The largest absolute Gasteiger partial charge is 0.395 e. The highest BCUT2D eigenvalue weighted by Crippen LogP contribution is 2.20. The van der Waals surface area contributed by atoms with Crippen molar-refractivity contribution in [3.05, 3.63) is 0 Å². The molecular weight excluding hydrogens is 154 g/mol. The Labute approximate surface area is 73.8 Å². The standard InChI is InChI=1S/C9H19NO2/c1-2-3-4-7-5-10-8(6-11)9(7)12/h7-12H,2-6H2,1H3/t7-,8-,9+/m0/s1. The Balaban J connectivity index is 2.28. The van der Waals surface area contributed by atoms with Gasteiger partial charge in [-0.3, -0.25) is 0 Å². The minimum absolute atomic E-state index is 0.0454. The van der Waals surface area contributed by atoms with E-state index in [1.165, 1.54) is 12.8 Å². The van der Waals surface area contributed by atoms with Gasteiger partial charge in [-0.25, -0.2) is 0 Å². The first kappa shape index (κ1) is 9.96. The number of nitrogens with one attached hydrogen (secondary N) is 1. The van der Waals surface area contributed by atoms with Crippen LogP contribution in [0.1, 0.15) is 26.2 Å². The molecular formula is C9H19NO2. The molecule has 1 aliphatic rings. The summed E-state index contributed by atoms with van der Waals surface area (Å²) in [5, 5.41) is 21.6. The number of aliphatic hydroxyl groups excluding tert-OH is 2. The van der Waals surface area contributed by atoms with Gasteiger partial charge in [0.15, 0.2) is 0 Å². The molecule has 3 nitrogen and oxygen atoms in total. The van der Waals surface area contributed by atoms with E-state index in [0.717, 1.165) is 13.0 Å². The summed E-state index contributed by atoms with van der Waals surface area (Å²) in [6.07, 6.45) is 3.07. The first-order valence-corrected chi connectivity index (χ1v) is 4.82. The molecule has 0 saturated carbocycles. The second-order valence-corrected chi connectivity index (χ2v) is 3.59. The lowest BCUT2D eigenvalue weighted by Gasteiger charge is -2.16. The highest BCUT2D eigenvalue weighted by molar-refractivity contribution is 4.89. The molecule has 1 rings (SSSR count). The van der Waals surface area contributed by atoms with Crippen LogP contribution in [0, 0.1) is 5.92 Å². The van der Waals surface area contributed by atoms with Gasteiger partial charge in [0.2, 0.25) is 0 Å². The topological polar surface area (TPSA) is 52.5 Å². The van der Waals surface area contributed by atoms with E-state index < -0.39 is 0 Å². The summed E-state index contributed by atoms with van der Waals surface area (Å²) >= 11 is 0. The molecule has 0 aliphatic carbocycles. The minimum atomic E-state index is -0.346. The number of unbranched alkanes of at least 4 members (excludes halogenated alkanes) is 1. The van der Waals surface area contributed by atoms with E-state index in [0.29, 0.717) is 5.92 Å². The van der Waals surface area contributed by atoms with E-state index in [2.05, 4.69) is 12.2 Å². The van der Waals surface area contributed by atoms with E-state index in [-0.39, 0.29) is 18.8 Å². The monoisotopic (exact) mass is 173 g/mol. The smallest absolute Gasteiger partial charge is 0.0755 e. The zero-order chi connectivity index (χ0) is 8.97. The Morgan fingerprint density at radius 1 is 1.50 bits per heavy atom. The molecule has 1 saturated heterocycles. The first-order chi connectivity index (χ1) is 5.79. The van der Waals surface area contributed by atoms with Crippen LogP contribution < -0.4 is 5.32 Å². The van der Waals surface area contributed by atoms with Crippen LogP contribution in [0.25, 0.3) is 0 Å². The van der Waals surface area contributed by atoms with Crippen LogP contribution in [0.3, 0.4) is 0 Å². The van der Waals surface area contributed by atoms with Crippen molar-refractivity contribution in [2.75, 3.05) is 13.2 Å². The molecule has 0 bridgehead atoms. The van der Waals surface area contributed by atoms with Crippen LogP contribution in [0.4, 0.5) is 0 Å². The maximum atomic E-state index is 9.65. The van der Waals surface area contributed by atoms with Crippen LogP contribution >= 0.6 is 0 Å². The summed E-state index contributed by atoms with van der Waals surface area (Å²) in [5.41, 5.74) is 0. The van der Waals surface area contributed by atoms with Gasteiger partial charge in [-0.05, 0) is 12.3 Å². The van der Waals surface area contributed by atoms with Gasteiger partial charge in [-0.15, -0.1) is 0 Å². The third kappa shape index (κ3) is 2.19. The predicted octanol–water partition coefficient (Wildman–Crippen LogP) is 0.118. The van der Waals surface area contributed by atoms with Gasteiger partial charge in [0.05, 0.1) is 18.8 Å². The van der Waals surface area contributed by atoms with E-state index in [9.17, 15) is 5.11 Å². The van der Waals surface area contributed by atoms with Crippen molar-refractivity contribution in [3.8, 4) is 0 Å². The molecule has 3 atom stereocenters. The van der Waals surface area contributed by atoms with E-state index >= 15 is 0 Å². The molecule has 0 aromatic rings. The molecule has 3 N–H and O–H groups in total. The number of hydrogen-bond donors (Lipinski definition) is 3. The summed E-state index contributed by atoms with van der Waals surface area (Å²) < 4.78 is 0. The molecule has 1 heterocycles. The van der Waals surface area contributed by atoms with E-state index in [1.54, 1.807) is 0 Å². The second kappa shape index (κ2) is 4.80. The zero-order valence-electron chi connectivity index (χ0n) is 7.66. The van der Waals surface area contributed by atoms with Crippen molar-refractivity contribution in [3.63, 3.8) is 0 Å². The summed E-state index contributed by atoms with van der Waals surface area (Å²) in [7, 11) is 0. The third-order valence-corrected chi connectivity index (χ3v) is 2.66. The SMILES string of the molecule is CCCC[C@H]1CN[C@@H](CO)[C@@H]1O. The lowest BCUT2D eigenvalue weighted by atomic mass is 9.96. The molecule has 0 radical (unpaired) electrons. The van der Waals surface area contributed by atoms with Crippen molar-refractivity contribution in [2.45, 2.75) is 38.3 Å². The van der Waals surface area contributed by atoms with Gasteiger partial charge >= 0.3 is 0 Å². The predicted molar refractivity (Wildman–Crippen MR) is 47.9 cm³/mol. The average Bonchev–Trinajstić information content (AvgIpc) is 2.43. The van der Waals surface area contributed by atoms with Crippen molar-refractivity contribution < 1.29 is 10.2 Å². The van der Waals surface area contributed by atoms with E-state index in [1.807, 2.05) is 0 Å². The highest BCUT2D eigenvalue weighted by Gasteiger charge is 2.32. The Hall–Kier alpha value is -0.120. The third-order valence-electron chi connectivity index (χ3n) is 2.66. The fourth-order valence-corrected chi connectivity index (χ4v) is 1.78. The first-order valence-electron chi connectivity index (χ1n) is 4.82. The second-order valence-electron chi connectivity index (χ2n) is 3.59. The molecule has 0 unspecified atom stereocenters. The summed E-state index contributed by atoms with van der Waals surface area (Å²) in [6.45, 7) is 3.05. The number of rotatable bonds is 4. The van der Waals surface area contributed by atoms with Crippen LogP contribution in [0.15, 0.2) is 0 Å². The molecule has 72 valence electrons. The van der Waals surface area contributed by atoms with Crippen molar-refractivity contribution in [2.24, 2.45) is 5.92 Å². The maximum Gasteiger partial charge on any atom is 0.0755 e. The summed E-state index contributed by atoms with van der Waals surface area (Å²) in [6, 6.07) is -0.0909. The van der Waals surface area contributed by atoms with Crippen LogP contribution in [0.2, 0.25) is 0 Å². The quantitative estimate of drug-likeness (QED) is 0.566. The zero-order valence-corrected chi connectivity index (χ0v) is 7.66. The van der Waals surface area contributed by atoms with Crippen LogP contribution in [-0.4, -0.2) is 35.5 Å². The average molecular weight is 173 g/mol. The van der Waals surface area contributed by atoms with Crippen molar-refractivity contribution in [1.82, 2.24) is 5.32 Å². The molecule has 1 aliphatic heterocycles. The summed E-state index contributed by atoms with van der Waals surface area (Å²) in [5.74, 6) is 0.349.